The fraction of sp³-hybridized carbons (Fsp3) is 0.929. The Hall–Kier alpha value is -0.795. The van der Waals surface area contributed by atoms with Crippen LogP contribution in [0.2, 0.25) is 0 Å². The van der Waals surface area contributed by atoms with Crippen LogP contribution >= 0.6 is 0 Å². The van der Waals surface area contributed by atoms with Crippen molar-refractivity contribution in [2.75, 3.05) is 0 Å². The Bertz CT molecular complexity index is 485. The van der Waals surface area contributed by atoms with Crippen LogP contribution in [0.5, 0.6) is 0 Å². The molecule has 4 aliphatic rings. The average Bonchev–Trinajstić information content (AvgIpc) is 2.75. The van der Waals surface area contributed by atoms with Crippen LogP contribution in [0.1, 0.15) is 40.5 Å². The molecule has 0 spiro atoms. The van der Waals surface area contributed by atoms with Gasteiger partial charge in [-0.3, -0.25) is 0 Å². The highest BCUT2D eigenvalue weighted by atomic mass is 19.4. The third-order valence-electron chi connectivity index (χ3n) is 5.64. The van der Waals surface area contributed by atoms with E-state index in [4.69, 9.17) is 24.9 Å². The smallest absolute Gasteiger partial charge is 0.475 e. The van der Waals surface area contributed by atoms with Crippen LogP contribution in [0.4, 0.5) is 13.2 Å². The molecule has 0 aromatic carbocycles. The summed E-state index contributed by atoms with van der Waals surface area (Å²) >= 11 is 0. The van der Waals surface area contributed by atoms with E-state index in [0.717, 1.165) is 12.3 Å². The zero-order chi connectivity index (χ0) is 17.8. The topological polar surface area (TPSA) is 81.8 Å². The number of aliphatic carboxylic acids is 1. The highest BCUT2D eigenvalue weighted by Crippen LogP contribution is 2.65. The molecule has 0 unspecified atom stereocenters. The standard InChI is InChI=1S/C12H22BNO2.C2HF3O2/c1-7(14)13-15-10-6-8-5-9(11(8,2)3)12(10,4)16-13;3-2(4,5)1(6)7/h7-10H,5-6,14H2,1-4H3;(H,6,7)/t7-,8+,9-,10+,12-;/m0./s1. The second kappa shape index (κ2) is 5.63. The lowest BCUT2D eigenvalue weighted by atomic mass is 9.43. The number of carboxylic acid groups (broad SMARTS) is 1. The third-order valence-corrected chi connectivity index (χ3v) is 5.64. The lowest BCUT2D eigenvalue weighted by Crippen LogP contribution is -2.65. The summed E-state index contributed by atoms with van der Waals surface area (Å²) in [4.78, 5) is 8.90. The first-order valence-corrected chi connectivity index (χ1v) is 7.69. The Morgan fingerprint density at radius 2 is 1.87 bits per heavy atom. The molecule has 132 valence electrons. The van der Waals surface area contributed by atoms with Crippen molar-refractivity contribution in [1.29, 1.82) is 0 Å². The molecule has 9 heteroatoms. The summed E-state index contributed by atoms with van der Waals surface area (Å²) in [6.45, 7) is 8.93. The predicted octanol–water partition coefficient (Wildman–Crippen LogP) is 2.23. The van der Waals surface area contributed by atoms with E-state index in [-0.39, 0.29) is 24.8 Å². The second-order valence-corrected chi connectivity index (χ2v) is 7.50. The van der Waals surface area contributed by atoms with Crippen LogP contribution < -0.4 is 5.73 Å². The molecule has 1 aliphatic heterocycles. The summed E-state index contributed by atoms with van der Waals surface area (Å²) in [6, 6.07) is 0. The van der Waals surface area contributed by atoms with Crippen LogP contribution in [0.15, 0.2) is 0 Å². The molecule has 0 aromatic heterocycles. The van der Waals surface area contributed by atoms with E-state index in [1.165, 1.54) is 6.42 Å². The Morgan fingerprint density at radius 1 is 1.35 bits per heavy atom. The van der Waals surface area contributed by atoms with Crippen molar-refractivity contribution in [3.05, 3.63) is 0 Å². The van der Waals surface area contributed by atoms with Crippen molar-refractivity contribution >= 4 is 13.1 Å². The van der Waals surface area contributed by atoms with Gasteiger partial charge < -0.3 is 20.1 Å². The number of nitrogens with two attached hydrogens (primary N) is 1. The largest absolute Gasteiger partial charge is 0.490 e. The SMILES string of the molecule is C[C@H](N)B1O[C@@H]2C[C@H]3C[C@@H](C3(C)C)[C@]2(C)O1.O=C(O)C(F)(F)F. The first kappa shape index (κ1) is 18.5. The Kier molecular flexibility index (Phi) is 4.54. The summed E-state index contributed by atoms with van der Waals surface area (Å²) in [5.74, 6) is -1.35. The van der Waals surface area contributed by atoms with Crippen LogP contribution in [0, 0.1) is 17.3 Å². The molecular formula is C14H23BF3NO4. The molecule has 0 amide bonds. The minimum Gasteiger partial charge on any atom is -0.475 e. The van der Waals surface area contributed by atoms with Gasteiger partial charge in [0, 0.05) is 5.94 Å². The lowest BCUT2D eigenvalue weighted by molar-refractivity contribution is -0.199. The van der Waals surface area contributed by atoms with Crippen LogP contribution in [0.25, 0.3) is 0 Å². The molecule has 3 N–H and O–H groups in total. The van der Waals surface area contributed by atoms with Crippen molar-refractivity contribution in [2.24, 2.45) is 23.0 Å². The monoisotopic (exact) mass is 337 g/mol. The van der Waals surface area contributed by atoms with E-state index in [9.17, 15) is 13.2 Å². The second-order valence-electron chi connectivity index (χ2n) is 7.50. The molecule has 5 atom stereocenters. The summed E-state index contributed by atoms with van der Waals surface area (Å²) < 4.78 is 43.9. The van der Waals surface area contributed by atoms with Gasteiger partial charge in [-0.05, 0) is 37.0 Å². The molecule has 2 bridgehead atoms. The van der Waals surface area contributed by atoms with Crippen molar-refractivity contribution in [3.8, 4) is 0 Å². The normalized spacial score (nSPS) is 38.8. The van der Waals surface area contributed by atoms with Gasteiger partial charge in [-0.15, -0.1) is 0 Å². The predicted molar refractivity (Wildman–Crippen MR) is 77.5 cm³/mol. The zero-order valence-electron chi connectivity index (χ0n) is 13.7. The van der Waals surface area contributed by atoms with Crippen LogP contribution in [0.3, 0.4) is 0 Å². The van der Waals surface area contributed by atoms with E-state index in [1.807, 2.05) is 6.92 Å². The average molecular weight is 337 g/mol. The summed E-state index contributed by atoms with van der Waals surface area (Å²) in [7, 11) is -0.204. The van der Waals surface area contributed by atoms with Crippen LogP contribution in [-0.4, -0.2) is 42.0 Å². The molecule has 1 heterocycles. The first-order chi connectivity index (χ1) is 10.3. The Labute approximate surface area is 133 Å². The highest BCUT2D eigenvalue weighted by molar-refractivity contribution is 6.47. The van der Waals surface area contributed by atoms with Gasteiger partial charge in [-0.1, -0.05) is 20.8 Å². The molecule has 0 aromatic rings. The maximum absolute atomic E-state index is 10.6. The van der Waals surface area contributed by atoms with Gasteiger partial charge in [0.15, 0.2) is 0 Å². The van der Waals surface area contributed by atoms with Gasteiger partial charge in [0.2, 0.25) is 0 Å². The van der Waals surface area contributed by atoms with Gasteiger partial charge in [-0.2, -0.15) is 13.2 Å². The van der Waals surface area contributed by atoms with E-state index in [1.54, 1.807) is 0 Å². The number of carboxylic acids is 1. The van der Waals surface area contributed by atoms with E-state index in [2.05, 4.69) is 20.8 Å². The molecule has 0 radical (unpaired) electrons. The minimum absolute atomic E-state index is 0.0391. The van der Waals surface area contributed by atoms with Gasteiger partial charge in [0.1, 0.15) is 0 Å². The molecule has 5 nitrogen and oxygen atoms in total. The molecule has 1 saturated heterocycles. The van der Waals surface area contributed by atoms with E-state index in [0.29, 0.717) is 11.3 Å². The quantitative estimate of drug-likeness (QED) is 0.717. The molecule has 23 heavy (non-hydrogen) atoms. The number of alkyl halides is 3. The first-order valence-electron chi connectivity index (χ1n) is 7.69. The molecule has 3 saturated carbocycles. The Morgan fingerprint density at radius 3 is 2.26 bits per heavy atom. The van der Waals surface area contributed by atoms with Crippen molar-refractivity contribution < 1.29 is 32.4 Å². The van der Waals surface area contributed by atoms with Crippen molar-refractivity contribution in [1.82, 2.24) is 0 Å². The molecule has 4 rings (SSSR count). The summed E-state index contributed by atoms with van der Waals surface area (Å²) in [5.41, 5.74) is 6.20. The van der Waals surface area contributed by atoms with Gasteiger partial charge in [0.05, 0.1) is 11.7 Å². The summed E-state index contributed by atoms with van der Waals surface area (Å²) in [6.07, 6.45) is -2.38. The number of rotatable bonds is 1. The van der Waals surface area contributed by atoms with Crippen molar-refractivity contribution in [3.63, 3.8) is 0 Å². The van der Waals surface area contributed by atoms with E-state index < -0.39 is 12.1 Å². The van der Waals surface area contributed by atoms with E-state index >= 15 is 0 Å². The maximum Gasteiger partial charge on any atom is 0.490 e. The fourth-order valence-corrected chi connectivity index (χ4v) is 4.13. The number of hydrogen-bond acceptors (Lipinski definition) is 4. The number of hydrogen-bond donors (Lipinski definition) is 2. The number of halogens is 3. The minimum atomic E-state index is -5.08. The van der Waals surface area contributed by atoms with Gasteiger partial charge in [-0.25, -0.2) is 4.79 Å². The number of carbonyl (C=O) groups is 1. The fourth-order valence-electron chi connectivity index (χ4n) is 4.13. The molecule has 4 fully saturated rings. The summed E-state index contributed by atoms with van der Waals surface area (Å²) in [5, 5.41) is 7.12. The van der Waals surface area contributed by atoms with Crippen molar-refractivity contribution in [2.45, 2.75) is 64.4 Å². The maximum atomic E-state index is 10.6. The van der Waals surface area contributed by atoms with Gasteiger partial charge >= 0.3 is 19.3 Å². The molecular weight excluding hydrogens is 314 g/mol. The zero-order valence-corrected chi connectivity index (χ0v) is 13.7. The third kappa shape index (κ3) is 3.10. The molecule has 3 aliphatic carbocycles. The Balaban J connectivity index is 0.000000236. The highest BCUT2D eigenvalue weighted by Gasteiger charge is 2.68. The van der Waals surface area contributed by atoms with Crippen LogP contribution in [-0.2, 0) is 14.1 Å². The lowest BCUT2D eigenvalue weighted by Gasteiger charge is -2.64. The van der Waals surface area contributed by atoms with Gasteiger partial charge in [0.25, 0.3) is 0 Å².